The number of anilines is 3. The number of hydrogen-bond acceptors (Lipinski definition) is 6. The Labute approximate surface area is 213 Å². The molecule has 0 spiro atoms. The molecule has 0 aromatic heterocycles. The summed E-state index contributed by atoms with van der Waals surface area (Å²) in [6, 6.07) is 18.7. The molecule has 8 nitrogen and oxygen atoms in total. The molecule has 9 heteroatoms. The summed E-state index contributed by atoms with van der Waals surface area (Å²) in [5.41, 5.74) is 2.63. The molecule has 36 heavy (non-hydrogen) atoms. The van der Waals surface area contributed by atoms with Gasteiger partial charge in [-0.15, -0.1) is 0 Å². The maximum Gasteiger partial charge on any atom is 0.283 e. The van der Waals surface area contributed by atoms with Crippen molar-refractivity contribution in [3.63, 3.8) is 0 Å². The molecule has 1 heterocycles. The van der Waals surface area contributed by atoms with Gasteiger partial charge >= 0.3 is 0 Å². The molecule has 1 aliphatic rings. The highest BCUT2D eigenvalue weighted by molar-refractivity contribution is 6.53. The molecule has 0 saturated carbocycles. The van der Waals surface area contributed by atoms with Gasteiger partial charge in [0.2, 0.25) is 0 Å². The molecular weight excluding hydrogens is 482 g/mol. The summed E-state index contributed by atoms with van der Waals surface area (Å²) in [6.45, 7) is 4.30. The van der Waals surface area contributed by atoms with Gasteiger partial charge in [0.05, 0.1) is 19.4 Å². The summed E-state index contributed by atoms with van der Waals surface area (Å²) >= 11 is 6.25. The average Bonchev–Trinajstić information content (AvgIpc) is 3.08. The second-order valence-electron chi connectivity index (χ2n) is 7.92. The van der Waals surface area contributed by atoms with Crippen LogP contribution in [-0.2, 0) is 9.59 Å². The van der Waals surface area contributed by atoms with Gasteiger partial charge in [-0.25, -0.2) is 4.90 Å². The summed E-state index contributed by atoms with van der Waals surface area (Å²) in [5, 5.41) is 5.49. The van der Waals surface area contributed by atoms with Crippen molar-refractivity contribution in [2.45, 2.75) is 13.8 Å². The minimum absolute atomic E-state index is 0.0585. The molecule has 0 aliphatic carbocycles. The van der Waals surface area contributed by atoms with E-state index in [-0.39, 0.29) is 16.6 Å². The van der Waals surface area contributed by atoms with Crippen LogP contribution < -0.4 is 25.0 Å². The van der Waals surface area contributed by atoms with Crippen LogP contribution in [0, 0.1) is 6.92 Å². The van der Waals surface area contributed by atoms with Gasteiger partial charge in [0.15, 0.2) is 0 Å². The van der Waals surface area contributed by atoms with Crippen LogP contribution in [-0.4, -0.2) is 31.4 Å². The van der Waals surface area contributed by atoms with Crippen LogP contribution in [0.2, 0.25) is 0 Å². The summed E-state index contributed by atoms with van der Waals surface area (Å²) in [5.74, 6) is -0.465. The van der Waals surface area contributed by atoms with E-state index in [1.54, 1.807) is 60.7 Å². The highest BCUT2D eigenvalue weighted by Crippen LogP contribution is 2.36. The van der Waals surface area contributed by atoms with Gasteiger partial charge in [0.1, 0.15) is 22.2 Å². The molecule has 3 amide bonds. The van der Waals surface area contributed by atoms with Gasteiger partial charge in [0.25, 0.3) is 17.7 Å². The fraction of sp³-hybridized carbons (Fsp3) is 0.148. The molecule has 2 N–H and O–H groups in total. The molecule has 0 unspecified atom stereocenters. The van der Waals surface area contributed by atoms with Crippen LogP contribution in [0.4, 0.5) is 17.1 Å². The van der Waals surface area contributed by atoms with Crippen molar-refractivity contribution in [3.8, 4) is 11.5 Å². The van der Waals surface area contributed by atoms with Crippen molar-refractivity contribution in [1.82, 2.24) is 0 Å². The van der Waals surface area contributed by atoms with E-state index in [4.69, 9.17) is 21.1 Å². The molecule has 4 rings (SSSR count). The first-order chi connectivity index (χ1) is 17.3. The van der Waals surface area contributed by atoms with Gasteiger partial charge < -0.3 is 20.1 Å². The predicted octanol–water partition coefficient (Wildman–Crippen LogP) is 5.09. The van der Waals surface area contributed by atoms with E-state index < -0.39 is 11.8 Å². The maximum atomic E-state index is 13.1. The van der Waals surface area contributed by atoms with E-state index in [0.29, 0.717) is 35.0 Å². The largest absolute Gasteiger partial charge is 0.495 e. The van der Waals surface area contributed by atoms with Gasteiger partial charge in [0, 0.05) is 16.9 Å². The molecule has 184 valence electrons. The SMILES string of the molecule is CCOc1ccc(NC(=O)c2ccc(NC3=C(Cl)C(=O)N(c4cc(C)ccc4OC)C3=O)cc2)cc1. The minimum Gasteiger partial charge on any atom is -0.495 e. The number of benzene rings is 3. The zero-order valence-corrected chi connectivity index (χ0v) is 20.7. The van der Waals surface area contributed by atoms with E-state index in [1.807, 2.05) is 19.9 Å². The Balaban J connectivity index is 1.47. The van der Waals surface area contributed by atoms with Crippen molar-refractivity contribution in [2.24, 2.45) is 0 Å². The van der Waals surface area contributed by atoms with Crippen molar-refractivity contribution in [2.75, 3.05) is 29.3 Å². The Morgan fingerprint density at radius 1 is 0.944 bits per heavy atom. The summed E-state index contributed by atoms with van der Waals surface area (Å²) in [7, 11) is 1.46. The topological polar surface area (TPSA) is 97.0 Å². The maximum absolute atomic E-state index is 13.1. The van der Waals surface area contributed by atoms with Gasteiger partial charge in [-0.05, 0) is 80.1 Å². The number of nitrogens with one attached hydrogen (secondary N) is 2. The Kier molecular flexibility index (Phi) is 7.26. The number of halogens is 1. The first kappa shape index (κ1) is 24.8. The third-order valence-corrected chi connectivity index (χ3v) is 5.79. The Morgan fingerprint density at radius 2 is 1.61 bits per heavy atom. The number of carbonyl (C=O) groups is 3. The lowest BCUT2D eigenvalue weighted by Crippen LogP contribution is -2.32. The number of amides is 3. The van der Waals surface area contributed by atoms with Crippen molar-refractivity contribution in [3.05, 3.63) is 88.6 Å². The Hall–Kier alpha value is -4.30. The summed E-state index contributed by atoms with van der Waals surface area (Å²) in [4.78, 5) is 39.5. The van der Waals surface area contributed by atoms with E-state index in [9.17, 15) is 14.4 Å². The second kappa shape index (κ2) is 10.5. The predicted molar refractivity (Wildman–Crippen MR) is 139 cm³/mol. The van der Waals surface area contributed by atoms with E-state index >= 15 is 0 Å². The van der Waals surface area contributed by atoms with E-state index in [2.05, 4.69) is 10.6 Å². The molecule has 3 aromatic carbocycles. The first-order valence-electron chi connectivity index (χ1n) is 11.2. The smallest absolute Gasteiger partial charge is 0.283 e. The van der Waals surface area contributed by atoms with E-state index in [1.165, 1.54) is 7.11 Å². The quantitative estimate of drug-likeness (QED) is 0.414. The number of rotatable bonds is 8. The lowest BCUT2D eigenvalue weighted by Gasteiger charge is -2.18. The molecular formula is C27H24ClN3O5. The molecule has 0 saturated heterocycles. The molecule has 1 aliphatic heterocycles. The van der Waals surface area contributed by atoms with Crippen molar-refractivity contribution >= 4 is 46.4 Å². The van der Waals surface area contributed by atoms with Crippen LogP contribution in [0.1, 0.15) is 22.8 Å². The normalized spacial score (nSPS) is 13.2. The van der Waals surface area contributed by atoms with Crippen LogP contribution >= 0.6 is 11.6 Å². The molecule has 0 fully saturated rings. The van der Waals surface area contributed by atoms with Crippen LogP contribution in [0.5, 0.6) is 11.5 Å². The molecule has 0 bridgehead atoms. The number of aryl methyl sites for hydroxylation is 1. The third kappa shape index (κ3) is 5.04. The second-order valence-corrected chi connectivity index (χ2v) is 8.30. The fourth-order valence-electron chi connectivity index (χ4n) is 3.66. The van der Waals surface area contributed by atoms with E-state index in [0.717, 1.165) is 16.2 Å². The summed E-state index contributed by atoms with van der Waals surface area (Å²) in [6.07, 6.45) is 0. The third-order valence-electron chi connectivity index (χ3n) is 5.44. The van der Waals surface area contributed by atoms with Gasteiger partial charge in [-0.1, -0.05) is 17.7 Å². The zero-order valence-electron chi connectivity index (χ0n) is 19.9. The zero-order chi connectivity index (χ0) is 25.8. The van der Waals surface area contributed by atoms with Crippen LogP contribution in [0.3, 0.4) is 0 Å². The molecule has 3 aromatic rings. The highest BCUT2D eigenvalue weighted by atomic mass is 35.5. The van der Waals surface area contributed by atoms with Crippen molar-refractivity contribution < 1.29 is 23.9 Å². The number of carbonyl (C=O) groups excluding carboxylic acids is 3. The van der Waals surface area contributed by atoms with Gasteiger partial charge in [-0.3, -0.25) is 14.4 Å². The van der Waals surface area contributed by atoms with Crippen LogP contribution in [0.25, 0.3) is 0 Å². The van der Waals surface area contributed by atoms with Crippen molar-refractivity contribution in [1.29, 1.82) is 0 Å². The number of nitrogens with zero attached hydrogens (tertiary/aromatic N) is 1. The first-order valence-corrected chi connectivity index (χ1v) is 11.5. The molecule has 0 atom stereocenters. The standard InChI is InChI=1S/C27H24ClN3O5/c1-4-36-20-12-10-19(11-13-20)30-25(32)17-6-8-18(9-7-17)29-24-23(28)26(33)31(27(24)34)21-15-16(2)5-14-22(21)35-3/h5-15,29H,4H2,1-3H3,(H,30,32). The number of ether oxygens (including phenoxy) is 2. The number of hydrogen-bond donors (Lipinski definition) is 2. The average molecular weight is 506 g/mol. The minimum atomic E-state index is -0.653. The monoisotopic (exact) mass is 505 g/mol. The number of methoxy groups -OCH3 is 1. The molecule has 0 radical (unpaired) electrons. The Morgan fingerprint density at radius 3 is 2.25 bits per heavy atom. The Bertz CT molecular complexity index is 1350. The summed E-state index contributed by atoms with van der Waals surface area (Å²) < 4.78 is 10.7. The lowest BCUT2D eigenvalue weighted by molar-refractivity contribution is -0.120. The van der Waals surface area contributed by atoms with Gasteiger partial charge in [-0.2, -0.15) is 0 Å². The fourth-order valence-corrected chi connectivity index (χ4v) is 3.87. The lowest BCUT2D eigenvalue weighted by atomic mass is 10.1. The van der Waals surface area contributed by atoms with Crippen LogP contribution in [0.15, 0.2) is 77.5 Å². The number of imide groups is 1. The highest BCUT2D eigenvalue weighted by Gasteiger charge is 2.40.